The molecule has 3 rings (SSSR count). The van der Waals surface area contributed by atoms with Gasteiger partial charge in [-0.05, 0) is 17.7 Å². The van der Waals surface area contributed by atoms with Crippen molar-refractivity contribution < 1.29 is 9.72 Å². The molecule has 1 N–H and O–H groups in total. The zero-order chi connectivity index (χ0) is 22.2. The van der Waals surface area contributed by atoms with Gasteiger partial charge in [0.1, 0.15) is 0 Å². The van der Waals surface area contributed by atoms with E-state index in [1.54, 1.807) is 26.2 Å². The largest absolute Gasteiger partial charge is 0.368 e. The van der Waals surface area contributed by atoms with E-state index in [1.807, 2.05) is 18.2 Å². The van der Waals surface area contributed by atoms with E-state index in [0.29, 0.717) is 12.5 Å². The normalized spacial score (nSPS) is 13.9. The van der Waals surface area contributed by atoms with Crippen LogP contribution in [0.25, 0.3) is 0 Å². The van der Waals surface area contributed by atoms with E-state index >= 15 is 0 Å². The highest BCUT2D eigenvalue weighted by atomic mass is 127. The zero-order valence-electron chi connectivity index (χ0n) is 18.3. The number of nitrogens with zero attached hydrogens (tertiary/aromatic N) is 5. The topological polar surface area (TPSA) is 94.3 Å². The van der Waals surface area contributed by atoms with Gasteiger partial charge in [0.2, 0.25) is 5.91 Å². The summed E-state index contributed by atoms with van der Waals surface area (Å²) >= 11 is 0. The molecule has 1 saturated heterocycles. The molecule has 1 fully saturated rings. The molecule has 2 aromatic carbocycles. The molecule has 0 atom stereocenters. The van der Waals surface area contributed by atoms with Crippen molar-refractivity contribution in [2.75, 3.05) is 51.7 Å². The summed E-state index contributed by atoms with van der Waals surface area (Å²) < 4.78 is 0. The second-order valence-electron chi connectivity index (χ2n) is 7.51. The van der Waals surface area contributed by atoms with E-state index in [-0.39, 0.29) is 42.1 Å². The van der Waals surface area contributed by atoms with Gasteiger partial charge in [-0.3, -0.25) is 14.9 Å². The van der Waals surface area contributed by atoms with Crippen LogP contribution in [-0.2, 0) is 11.3 Å². The van der Waals surface area contributed by atoms with Gasteiger partial charge in [0.15, 0.2) is 5.96 Å². The van der Waals surface area contributed by atoms with Gasteiger partial charge in [0.05, 0.1) is 18.0 Å². The molecule has 9 nitrogen and oxygen atoms in total. The van der Waals surface area contributed by atoms with Crippen molar-refractivity contribution in [2.45, 2.75) is 6.54 Å². The number of guanidine groups is 1. The van der Waals surface area contributed by atoms with E-state index < -0.39 is 4.92 Å². The molecule has 1 aliphatic heterocycles. The lowest BCUT2D eigenvalue weighted by Gasteiger charge is -2.37. The van der Waals surface area contributed by atoms with E-state index in [4.69, 9.17) is 4.99 Å². The first-order valence-electron chi connectivity index (χ1n) is 10.2. The number of piperazine rings is 1. The Morgan fingerprint density at radius 3 is 2.25 bits per heavy atom. The summed E-state index contributed by atoms with van der Waals surface area (Å²) in [4.78, 5) is 33.2. The van der Waals surface area contributed by atoms with Gasteiger partial charge in [-0.2, -0.15) is 0 Å². The minimum atomic E-state index is -0.418. The molecule has 0 unspecified atom stereocenters. The molecule has 0 spiro atoms. The SMILES string of the molecule is CN(C)C(=O)CNC(=NCc1ccc([N+](=O)[O-])cc1)N1CCN(c2ccccc2)CC1.I. The number of non-ortho nitro benzene ring substituents is 1. The highest BCUT2D eigenvalue weighted by Crippen LogP contribution is 2.16. The summed E-state index contributed by atoms with van der Waals surface area (Å²) in [5, 5.41) is 14.0. The van der Waals surface area contributed by atoms with Crippen LogP contribution in [0.3, 0.4) is 0 Å². The lowest BCUT2D eigenvalue weighted by atomic mass is 10.2. The van der Waals surface area contributed by atoms with Gasteiger partial charge in [0, 0.05) is 58.1 Å². The molecule has 1 heterocycles. The highest BCUT2D eigenvalue weighted by Gasteiger charge is 2.20. The predicted molar refractivity (Wildman–Crippen MR) is 137 cm³/mol. The number of aliphatic imine (C=N–C) groups is 1. The van der Waals surface area contributed by atoms with Crippen LogP contribution in [-0.4, -0.2) is 73.4 Å². The standard InChI is InChI=1S/C22H28N6O3.HI/c1-25(2)21(29)17-24-22(23-16-18-8-10-20(11-9-18)28(30)31)27-14-12-26(13-15-27)19-6-4-3-5-7-19;/h3-11H,12-17H2,1-2H3,(H,23,24);1H. The van der Waals surface area contributed by atoms with Gasteiger partial charge in [-0.15, -0.1) is 24.0 Å². The number of hydrogen-bond acceptors (Lipinski definition) is 5. The molecule has 0 radical (unpaired) electrons. The number of benzene rings is 2. The van der Waals surface area contributed by atoms with Gasteiger partial charge >= 0.3 is 0 Å². The molecule has 172 valence electrons. The first-order chi connectivity index (χ1) is 14.9. The van der Waals surface area contributed by atoms with E-state index in [1.165, 1.54) is 22.7 Å². The molecule has 10 heteroatoms. The smallest absolute Gasteiger partial charge is 0.269 e. The maximum Gasteiger partial charge on any atom is 0.269 e. The average molecular weight is 552 g/mol. The Labute approximate surface area is 205 Å². The van der Waals surface area contributed by atoms with E-state index in [2.05, 4.69) is 27.2 Å². The van der Waals surface area contributed by atoms with Gasteiger partial charge in [0.25, 0.3) is 5.69 Å². The molecule has 0 aliphatic carbocycles. The number of nitro benzene ring substituents is 1. The quantitative estimate of drug-likeness (QED) is 0.195. The Morgan fingerprint density at radius 1 is 1.06 bits per heavy atom. The predicted octanol–water partition coefficient (Wildman–Crippen LogP) is 2.57. The first-order valence-corrected chi connectivity index (χ1v) is 10.2. The summed E-state index contributed by atoms with van der Waals surface area (Å²) in [6.07, 6.45) is 0. The minimum Gasteiger partial charge on any atom is -0.368 e. The Kier molecular flexibility index (Phi) is 9.69. The Balaban J connectivity index is 0.00000363. The number of carbonyl (C=O) groups excluding carboxylic acids is 1. The Hall–Kier alpha value is -2.89. The lowest BCUT2D eigenvalue weighted by Crippen LogP contribution is -2.53. The van der Waals surface area contributed by atoms with Crippen LogP contribution < -0.4 is 10.2 Å². The molecule has 0 bridgehead atoms. The van der Waals surface area contributed by atoms with Crippen LogP contribution in [0.4, 0.5) is 11.4 Å². The first kappa shape index (κ1) is 25.4. The third-order valence-corrected chi connectivity index (χ3v) is 5.16. The van der Waals surface area contributed by atoms with Crippen molar-refractivity contribution in [3.8, 4) is 0 Å². The minimum absolute atomic E-state index is 0. The fraction of sp³-hybridized carbons (Fsp3) is 0.364. The van der Waals surface area contributed by atoms with Crippen molar-refractivity contribution in [1.29, 1.82) is 0 Å². The fourth-order valence-corrected chi connectivity index (χ4v) is 3.28. The summed E-state index contributed by atoms with van der Waals surface area (Å²) in [5.41, 5.74) is 2.12. The zero-order valence-corrected chi connectivity index (χ0v) is 20.6. The number of hydrogen-bond donors (Lipinski definition) is 1. The second-order valence-corrected chi connectivity index (χ2v) is 7.51. The molecule has 32 heavy (non-hydrogen) atoms. The van der Waals surface area contributed by atoms with Crippen LogP contribution in [0.1, 0.15) is 5.56 Å². The second kappa shape index (κ2) is 12.2. The van der Waals surface area contributed by atoms with E-state index in [0.717, 1.165) is 31.7 Å². The number of nitro groups is 1. The Morgan fingerprint density at radius 2 is 1.69 bits per heavy atom. The number of para-hydroxylation sites is 1. The third kappa shape index (κ3) is 7.08. The van der Waals surface area contributed by atoms with Gasteiger partial charge in [-0.25, -0.2) is 4.99 Å². The van der Waals surface area contributed by atoms with Crippen molar-refractivity contribution in [1.82, 2.24) is 15.1 Å². The van der Waals surface area contributed by atoms with Crippen molar-refractivity contribution in [2.24, 2.45) is 4.99 Å². The fourth-order valence-electron chi connectivity index (χ4n) is 3.28. The van der Waals surface area contributed by atoms with Gasteiger partial charge < -0.3 is 20.0 Å². The van der Waals surface area contributed by atoms with Crippen LogP contribution in [0.2, 0.25) is 0 Å². The Bertz CT molecular complexity index is 913. The maximum absolute atomic E-state index is 12.1. The molecular weight excluding hydrogens is 523 g/mol. The molecule has 1 amide bonds. The van der Waals surface area contributed by atoms with Crippen LogP contribution in [0.5, 0.6) is 0 Å². The average Bonchev–Trinajstić information content (AvgIpc) is 2.80. The number of halogens is 1. The van der Waals surface area contributed by atoms with Crippen LogP contribution in [0, 0.1) is 10.1 Å². The lowest BCUT2D eigenvalue weighted by molar-refractivity contribution is -0.384. The number of likely N-dealkylation sites (N-methyl/N-ethyl adjacent to an activating group) is 1. The van der Waals surface area contributed by atoms with Crippen molar-refractivity contribution >= 4 is 47.2 Å². The number of rotatable bonds is 6. The number of carbonyl (C=O) groups is 1. The summed E-state index contributed by atoms with van der Waals surface area (Å²) in [5.74, 6) is 0.632. The van der Waals surface area contributed by atoms with Gasteiger partial charge in [-0.1, -0.05) is 30.3 Å². The summed E-state index contributed by atoms with van der Waals surface area (Å²) in [6.45, 7) is 3.78. The molecular formula is C22H29IN6O3. The molecule has 1 aliphatic rings. The van der Waals surface area contributed by atoms with Crippen molar-refractivity contribution in [3.63, 3.8) is 0 Å². The molecule has 0 saturated carbocycles. The number of anilines is 1. The van der Waals surface area contributed by atoms with E-state index in [9.17, 15) is 14.9 Å². The number of amides is 1. The third-order valence-electron chi connectivity index (χ3n) is 5.16. The molecule has 2 aromatic rings. The maximum atomic E-state index is 12.1. The highest BCUT2D eigenvalue weighted by molar-refractivity contribution is 14.0. The number of nitrogens with one attached hydrogen (secondary N) is 1. The monoisotopic (exact) mass is 552 g/mol. The molecule has 0 aromatic heterocycles. The van der Waals surface area contributed by atoms with Crippen LogP contribution >= 0.6 is 24.0 Å². The summed E-state index contributed by atoms with van der Waals surface area (Å²) in [6, 6.07) is 16.7. The van der Waals surface area contributed by atoms with Crippen molar-refractivity contribution in [3.05, 3.63) is 70.3 Å². The summed E-state index contributed by atoms with van der Waals surface area (Å²) in [7, 11) is 3.44. The van der Waals surface area contributed by atoms with Crippen LogP contribution in [0.15, 0.2) is 59.6 Å².